The number of aliphatic hydroxyl groups is 1. The van der Waals surface area contributed by atoms with Crippen LogP contribution in [-0.2, 0) is 6.42 Å². The third kappa shape index (κ3) is 3.55. The number of methoxy groups -OCH3 is 1. The maximum absolute atomic E-state index is 12.9. The standard InChI is InChI=1S/C16H17FO2/c1-19-16-4-2-3-12(10-16)9-14(11-18)13-5-7-15(17)8-6-13/h2-8,10,14,18H,9,11H2,1H3. The van der Waals surface area contributed by atoms with Crippen LogP contribution in [0.2, 0.25) is 0 Å². The average molecular weight is 260 g/mol. The van der Waals surface area contributed by atoms with Crippen molar-refractivity contribution < 1.29 is 14.2 Å². The molecule has 0 bridgehead atoms. The second-order valence-electron chi connectivity index (χ2n) is 4.49. The summed E-state index contributed by atoms with van der Waals surface area (Å²) >= 11 is 0. The summed E-state index contributed by atoms with van der Waals surface area (Å²) in [6, 6.07) is 14.0. The van der Waals surface area contributed by atoms with Crippen LogP contribution in [0.1, 0.15) is 17.0 Å². The summed E-state index contributed by atoms with van der Waals surface area (Å²) in [6.45, 7) is 0.0306. The predicted molar refractivity (Wildman–Crippen MR) is 72.9 cm³/mol. The Balaban J connectivity index is 2.16. The van der Waals surface area contributed by atoms with E-state index in [2.05, 4.69) is 0 Å². The van der Waals surface area contributed by atoms with Crippen molar-refractivity contribution in [1.82, 2.24) is 0 Å². The quantitative estimate of drug-likeness (QED) is 0.894. The van der Waals surface area contributed by atoms with Crippen LogP contribution in [0.15, 0.2) is 48.5 Å². The van der Waals surface area contributed by atoms with Crippen molar-refractivity contribution in [3.05, 3.63) is 65.5 Å². The van der Waals surface area contributed by atoms with Crippen LogP contribution in [0, 0.1) is 5.82 Å². The predicted octanol–water partition coefficient (Wildman–Crippen LogP) is 3.15. The number of halogens is 1. The molecule has 0 radical (unpaired) electrons. The zero-order chi connectivity index (χ0) is 13.7. The van der Waals surface area contributed by atoms with Crippen LogP contribution in [-0.4, -0.2) is 18.8 Å². The summed E-state index contributed by atoms with van der Waals surface area (Å²) in [7, 11) is 1.63. The highest BCUT2D eigenvalue weighted by Gasteiger charge is 2.12. The summed E-state index contributed by atoms with van der Waals surface area (Å²) < 4.78 is 18.1. The smallest absolute Gasteiger partial charge is 0.123 e. The van der Waals surface area contributed by atoms with Crippen molar-refractivity contribution >= 4 is 0 Å². The third-order valence-electron chi connectivity index (χ3n) is 3.18. The fraction of sp³-hybridized carbons (Fsp3) is 0.250. The lowest BCUT2D eigenvalue weighted by Crippen LogP contribution is -2.08. The molecule has 0 aromatic heterocycles. The largest absolute Gasteiger partial charge is 0.497 e. The molecule has 2 rings (SSSR count). The Hall–Kier alpha value is -1.87. The Bertz CT molecular complexity index is 523. The van der Waals surface area contributed by atoms with Gasteiger partial charge in [-0.15, -0.1) is 0 Å². The second-order valence-corrected chi connectivity index (χ2v) is 4.49. The zero-order valence-electron chi connectivity index (χ0n) is 10.8. The molecule has 0 heterocycles. The highest BCUT2D eigenvalue weighted by molar-refractivity contribution is 5.31. The zero-order valence-corrected chi connectivity index (χ0v) is 10.8. The minimum absolute atomic E-state index is 0.0306. The number of benzene rings is 2. The van der Waals surface area contributed by atoms with Gasteiger partial charge in [0.15, 0.2) is 0 Å². The van der Waals surface area contributed by atoms with E-state index in [1.54, 1.807) is 19.2 Å². The van der Waals surface area contributed by atoms with Crippen molar-refractivity contribution in [2.75, 3.05) is 13.7 Å². The number of ether oxygens (including phenoxy) is 1. The number of hydrogen-bond acceptors (Lipinski definition) is 2. The molecule has 0 fully saturated rings. The molecule has 0 spiro atoms. The van der Waals surface area contributed by atoms with Gasteiger partial charge in [0, 0.05) is 5.92 Å². The summed E-state index contributed by atoms with van der Waals surface area (Å²) in [6.07, 6.45) is 0.694. The maximum atomic E-state index is 12.9. The van der Waals surface area contributed by atoms with Gasteiger partial charge in [0.25, 0.3) is 0 Å². The van der Waals surface area contributed by atoms with Gasteiger partial charge in [-0.2, -0.15) is 0 Å². The first-order chi connectivity index (χ1) is 9.22. The number of rotatable bonds is 5. The molecule has 0 aliphatic carbocycles. The molecule has 19 heavy (non-hydrogen) atoms. The molecular weight excluding hydrogens is 243 g/mol. The molecule has 1 unspecified atom stereocenters. The van der Waals surface area contributed by atoms with Crippen molar-refractivity contribution in [1.29, 1.82) is 0 Å². The monoisotopic (exact) mass is 260 g/mol. The van der Waals surface area contributed by atoms with Crippen LogP contribution < -0.4 is 4.74 Å². The van der Waals surface area contributed by atoms with Crippen molar-refractivity contribution in [2.45, 2.75) is 12.3 Å². The molecule has 0 amide bonds. The molecule has 3 heteroatoms. The first kappa shape index (κ1) is 13.6. The van der Waals surface area contributed by atoms with E-state index in [1.807, 2.05) is 24.3 Å². The molecule has 1 N–H and O–H groups in total. The van der Waals surface area contributed by atoms with Gasteiger partial charge in [0.2, 0.25) is 0 Å². The van der Waals surface area contributed by atoms with Gasteiger partial charge in [0.05, 0.1) is 13.7 Å². The van der Waals surface area contributed by atoms with E-state index < -0.39 is 0 Å². The second kappa shape index (κ2) is 6.34. The van der Waals surface area contributed by atoms with Crippen molar-refractivity contribution in [2.24, 2.45) is 0 Å². The SMILES string of the molecule is COc1cccc(CC(CO)c2ccc(F)cc2)c1. The van der Waals surface area contributed by atoms with Crippen LogP contribution in [0.3, 0.4) is 0 Å². The van der Waals surface area contributed by atoms with Gasteiger partial charge in [-0.1, -0.05) is 24.3 Å². The van der Waals surface area contributed by atoms with Crippen molar-refractivity contribution in [3.8, 4) is 5.75 Å². The van der Waals surface area contributed by atoms with E-state index in [0.717, 1.165) is 16.9 Å². The highest BCUT2D eigenvalue weighted by Crippen LogP contribution is 2.23. The van der Waals surface area contributed by atoms with Gasteiger partial charge < -0.3 is 9.84 Å². The molecule has 0 aliphatic rings. The lowest BCUT2D eigenvalue weighted by atomic mass is 9.92. The highest BCUT2D eigenvalue weighted by atomic mass is 19.1. The Kier molecular flexibility index (Phi) is 4.53. The first-order valence-corrected chi connectivity index (χ1v) is 6.22. The maximum Gasteiger partial charge on any atom is 0.123 e. The fourth-order valence-corrected chi connectivity index (χ4v) is 2.11. The molecule has 100 valence electrons. The lowest BCUT2D eigenvalue weighted by Gasteiger charge is -2.15. The normalized spacial score (nSPS) is 12.2. The summed E-state index contributed by atoms with van der Waals surface area (Å²) in [5.41, 5.74) is 2.02. The molecular formula is C16H17FO2. The average Bonchev–Trinajstić information content (AvgIpc) is 2.46. The lowest BCUT2D eigenvalue weighted by molar-refractivity contribution is 0.264. The van der Waals surface area contributed by atoms with E-state index >= 15 is 0 Å². The van der Waals surface area contributed by atoms with Gasteiger partial charge in [-0.05, 0) is 41.8 Å². The number of aliphatic hydroxyl groups excluding tert-OH is 1. The Morgan fingerprint density at radius 3 is 2.53 bits per heavy atom. The van der Waals surface area contributed by atoms with Crippen molar-refractivity contribution in [3.63, 3.8) is 0 Å². The van der Waals surface area contributed by atoms with Gasteiger partial charge in [-0.3, -0.25) is 0 Å². The van der Waals surface area contributed by atoms with E-state index in [0.29, 0.717) is 6.42 Å². The Morgan fingerprint density at radius 2 is 1.89 bits per heavy atom. The van der Waals surface area contributed by atoms with Gasteiger partial charge in [-0.25, -0.2) is 4.39 Å². The summed E-state index contributed by atoms with van der Waals surface area (Å²) in [5, 5.41) is 9.51. The molecule has 0 saturated carbocycles. The van der Waals surface area contributed by atoms with E-state index in [1.165, 1.54) is 12.1 Å². The topological polar surface area (TPSA) is 29.5 Å². The van der Waals surface area contributed by atoms with Gasteiger partial charge >= 0.3 is 0 Å². The number of hydrogen-bond donors (Lipinski definition) is 1. The molecule has 2 aromatic carbocycles. The Morgan fingerprint density at radius 1 is 1.16 bits per heavy atom. The van der Waals surface area contributed by atoms with E-state index in [4.69, 9.17) is 4.74 Å². The molecule has 2 nitrogen and oxygen atoms in total. The summed E-state index contributed by atoms with van der Waals surface area (Å²) in [5.74, 6) is 0.503. The van der Waals surface area contributed by atoms with Crippen LogP contribution in [0.25, 0.3) is 0 Å². The molecule has 1 atom stereocenters. The minimum Gasteiger partial charge on any atom is -0.497 e. The molecule has 0 saturated heterocycles. The molecule has 0 aliphatic heterocycles. The Labute approximate surface area is 112 Å². The van der Waals surface area contributed by atoms with Crippen LogP contribution in [0.5, 0.6) is 5.75 Å². The first-order valence-electron chi connectivity index (χ1n) is 6.22. The fourth-order valence-electron chi connectivity index (χ4n) is 2.11. The van der Waals surface area contributed by atoms with Crippen LogP contribution in [0.4, 0.5) is 4.39 Å². The summed E-state index contributed by atoms with van der Waals surface area (Å²) in [4.78, 5) is 0. The third-order valence-corrected chi connectivity index (χ3v) is 3.18. The van der Waals surface area contributed by atoms with E-state index in [-0.39, 0.29) is 18.3 Å². The minimum atomic E-state index is -0.262. The van der Waals surface area contributed by atoms with Gasteiger partial charge in [0.1, 0.15) is 11.6 Å². The van der Waals surface area contributed by atoms with E-state index in [9.17, 15) is 9.50 Å². The molecule has 2 aromatic rings. The van der Waals surface area contributed by atoms with Crippen LogP contribution >= 0.6 is 0 Å².